The number of fused-ring (bicyclic) bond motifs is 1. The molecule has 1 aliphatic rings. The van der Waals surface area contributed by atoms with Crippen LogP contribution >= 0.6 is 11.6 Å². The minimum absolute atomic E-state index is 0.000762. The quantitative estimate of drug-likeness (QED) is 0.813. The van der Waals surface area contributed by atoms with E-state index < -0.39 is 5.82 Å². The van der Waals surface area contributed by atoms with E-state index in [1.165, 1.54) is 30.4 Å². The van der Waals surface area contributed by atoms with Crippen molar-refractivity contribution in [3.05, 3.63) is 53.0 Å². The second kappa shape index (κ2) is 4.17. The summed E-state index contributed by atoms with van der Waals surface area (Å²) in [5, 5.41) is 0.519. The van der Waals surface area contributed by atoms with Crippen molar-refractivity contribution in [1.29, 1.82) is 0 Å². The number of nitrogens with one attached hydrogen (secondary N) is 1. The van der Waals surface area contributed by atoms with Gasteiger partial charge in [0.1, 0.15) is 5.82 Å². The fourth-order valence-electron chi connectivity index (χ4n) is 2.06. The fraction of sp³-hybridized carbons (Fsp3) is 0. The lowest BCUT2D eigenvalue weighted by atomic mass is 9.96. The zero-order valence-electron chi connectivity index (χ0n) is 9.54. The lowest BCUT2D eigenvalue weighted by Gasteiger charge is -2.05. The van der Waals surface area contributed by atoms with Crippen molar-refractivity contribution < 1.29 is 14.0 Å². The Hall–Kier alpha value is -2.20. The molecule has 94 valence electrons. The molecule has 1 N–H and O–H groups in total. The van der Waals surface area contributed by atoms with Crippen molar-refractivity contribution >= 4 is 39.6 Å². The number of aromatic nitrogens is 1. The molecular formula is C14H7ClFNO2. The Kier molecular flexibility index (Phi) is 2.61. The number of carbonyl (C=O) groups excluding carboxylic acids is 2. The van der Waals surface area contributed by atoms with Gasteiger partial charge in [0.05, 0.1) is 5.02 Å². The van der Waals surface area contributed by atoms with Gasteiger partial charge in [-0.2, -0.15) is 0 Å². The van der Waals surface area contributed by atoms with Crippen LogP contribution in [0, 0.1) is 5.82 Å². The molecule has 0 bridgehead atoms. The molecule has 1 aromatic carbocycles. The molecule has 0 saturated carbocycles. The highest BCUT2D eigenvalue weighted by Crippen LogP contribution is 2.30. The van der Waals surface area contributed by atoms with Gasteiger partial charge in [0.15, 0.2) is 11.6 Å². The number of benzene rings is 1. The highest BCUT2D eigenvalue weighted by molar-refractivity contribution is 6.36. The maximum absolute atomic E-state index is 13.5. The monoisotopic (exact) mass is 275 g/mol. The molecule has 0 saturated heterocycles. The number of hydrogen-bond acceptors (Lipinski definition) is 2. The van der Waals surface area contributed by atoms with E-state index in [4.69, 9.17) is 11.6 Å². The molecule has 2 aromatic rings. The normalized spacial score (nSPS) is 15.2. The van der Waals surface area contributed by atoms with Gasteiger partial charge in [-0.1, -0.05) is 11.6 Å². The predicted octanol–water partition coefficient (Wildman–Crippen LogP) is 3.05. The number of carbonyl (C=O) groups is 2. The van der Waals surface area contributed by atoms with Gasteiger partial charge in [-0.3, -0.25) is 9.59 Å². The Balaban J connectivity index is 2.24. The molecule has 3 nitrogen and oxygen atoms in total. The van der Waals surface area contributed by atoms with E-state index >= 15 is 0 Å². The Morgan fingerprint density at radius 1 is 1.16 bits per heavy atom. The summed E-state index contributed by atoms with van der Waals surface area (Å²) < 4.78 is 13.5. The number of halogens is 2. The summed E-state index contributed by atoms with van der Waals surface area (Å²) >= 11 is 5.69. The fourth-order valence-corrected chi connectivity index (χ4v) is 2.22. The van der Waals surface area contributed by atoms with Crippen molar-refractivity contribution in [1.82, 2.24) is 4.98 Å². The van der Waals surface area contributed by atoms with Crippen molar-refractivity contribution in [2.75, 3.05) is 0 Å². The number of allylic oxidation sites excluding steroid dienone is 4. The smallest absolute Gasteiger partial charge is 0.186 e. The van der Waals surface area contributed by atoms with E-state index in [9.17, 15) is 14.0 Å². The molecule has 1 heterocycles. The summed E-state index contributed by atoms with van der Waals surface area (Å²) in [6, 6.07) is 2.70. The Morgan fingerprint density at radius 2 is 1.95 bits per heavy atom. The number of ketones is 2. The van der Waals surface area contributed by atoms with Gasteiger partial charge in [-0.15, -0.1) is 0 Å². The average Bonchev–Trinajstić information content (AvgIpc) is 2.76. The van der Waals surface area contributed by atoms with Crippen LogP contribution in [0.2, 0.25) is 5.02 Å². The van der Waals surface area contributed by atoms with Crippen LogP contribution in [0.1, 0.15) is 5.56 Å². The summed E-state index contributed by atoms with van der Waals surface area (Å²) in [5.41, 5.74) is 1.35. The standard InChI is InChI=1S/C14H7ClFNO2/c15-11-5-13-8(4-12(11)16)10(6-17-13)9-3-7(18)1-2-14(9)19/h1-6,17H. The van der Waals surface area contributed by atoms with Gasteiger partial charge in [0.25, 0.3) is 0 Å². The SMILES string of the molecule is O=C1C=CC(=O)C(c2c[nH]c3cc(Cl)c(F)cc23)=C1. The lowest BCUT2D eigenvalue weighted by Crippen LogP contribution is -2.06. The molecule has 0 amide bonds. The molecule has 0 fully saturated rings. The van der Waals surface area contributed by atoms with Crippen LogP contribution < -0.4 is 0 Å². The number of hydrogen-bond donors (Lipinski definition) is 1. The third-order valence-corrected chi connectivity index (χ3v) is 3.25. The summed E-state index contributed by atoms with van der Waals surface area (Å²) in [7, 11) is 0. The summed E-state index contributed by atoms with van der Waals surface area (Å²) in [4.78, 5) is 26.1. The summed E-state index contributed by atoms with van der Waals surface area (Å²) in [6.45, 7) is 0. The van der Waals surface area contributed by atoms with Crippen LogP contribution in [-0.2, 0) is 9.59 Å². The van der Waals surface area contributed by atoms with Gasteiger partial charge in [-0.05, 0) is 30.4 Å². The molecule has 19 heavy (non-hydrogen) atoms. The van der Waals surface area contributed by atoms with Gasteiger partial charge < -0.3 is 4.98 Å². The molecule has 3 rings (SSSR count). The maximum Gasteiger partial charge on any atom is 0.186 e. The van der Waals surface area contributed by atoms with Crippen LogP contribution in [0.3, 0.4) is 0 Å². The molecular weight excluding hydrogens is 269 g/mol. The zero-order chi connectivity index (χ0) is 13.6. The van der Waals surface area contributed by atoms with E-state index in [-0.39, 0.29) is 22.2 Å². The minimum atomic E-state index is -0.569. The second-order valence-electron chi connectivity index (χ2n) is 4.17. The second-order valence-corrected chi connectivity index (χ2v) is 4.58. The van der Waals surface area contributed by atoms with Gasteiger partial charge in [-0.25, -0.2) is 4.39 Å². The van der Waals surface area contributed by atoms with E-state index in [1.807, 2.05) is 0 Å². The zero-order valence-corrected chi connectivity index (χ0v) is 10.3. The topological polar surface area (TPSA) is 49.9 Å². The first kappa shape index (κ1) is 11.9. The van der Waals surface area contributed by atoms with Gasteiger partial charge in [0.2, 0.25) is 0 Å². The van der Waals surface area contributed by atoms with Gasteiger partial charge >= 0.3 is 0 Å². The van der Waals surface area contributed by atoms with E-state index in [2.05, 4.69) is 4.98 Å². The van der Waals surface area contributed by atoms with Crippen LogP contribution in [0.15, 0.2) is 36.6 Å². The van der Waals surface area contributed by atoms with E-state index in [1.54, 1.807) is 6.20 Å². The van der Waals surface area contributed by atoms with Crippen molar-refractivity contribution in [2.45, 2.75) is 0 Å². The first-order chi connectivity index (χ1) is 9.06. The van der Waals surface area contributed by atoms with Crippen LogP contribution in [0.5, 0.6) is 0 Å². The third kappa shape index (κ3) is 1.90. The largest absolute Gasteiger partial charge is 0.360 e. The molecule has 5 heteroatoms. The van der Waals surface area contributed by atoms with E-state index in [0.29, 0.717) is 16.5 Å². The minimum Gasteiger partial charge on any atom is -0.360 e. The summed E-state index contributed by atoms with van der Waals surface area (Å²) in [6.07, 6.45) is 5.23. The molecule has 0 atom stereocenters. The van der Waals surface area contributed by atoms with Crippen molar-refractivity contribution in [2.24, 2.45) is 0 Å². The van der Waals surface area contributed by atoms with Crippen LogP contribution in [-0.4, -0.2) is 16.6 Å². The van der Waals surface area contributed by atoms with Crippen molar-refractivity contribution in [3.63, 3.8) is 0 Å². The highest BCUT2D eigenvalue weighted by Gasteiger charge is 2.19. The number of aromatic amines is 1. The van der Waals surface area contributed by atoms with Crippen LogP contribution in [0.4, 0.5) is 4.39 Å². The Morgan fingerprint density at radius 3 is 2.74 bits per heavy atom. The number of rotatable bonds is 1. The van der Waals surface area contributed by atoms with Gasteiger partial charge in [0, 0.05) is 28.2 Å². The Labute approximate surface area is 112 Å². The molecule has 1 aliphatic carbocycles. The molecule has 1 aromatic heterocycles. The highest BCUT2D eigenvalue weighted by atomic mass is 35.5. The molecule has 0 radical (unpaired) electrons. The summed E-state index contributed by atoms with van der Waals surface area (Å²) in [5.74, 6) is -1.12. The van der Waals surface area contributed by atoms with E-state index in [0.717, 1.165) is 0 Å². The lowest BCUT2D eigenvalue weighted by molar-refractivity contribution is -0.113. The first-order valence-corrected chi connectivity index (χ1v) is 5.88. The molecule has 0 aliphatic heterocycles. The third-order valence-electron chi connectivity index (χ3n) is 2.96. The Bertz CT molecular complexity index is 786. The van der Waals surface area contributed by atoms with Crippen LogP contribution in [0.25, 0.3) is 16.5 Å². The molecule has 0 unspecified atom stereocenters. The number of H-pyrrole nitrogens is 1. The predicted molar refractivity (Wildman–Crippen MR) is 70.4 cm³/mol. The average molecular weight is 276 g/mol. The van der Waals surface area contributed by atoms with Crippen molar-refractivity contribution in [3.8, 4) is 0 Å². The maximum atomic E-state index is 13.5. The first-order valence-electron chi connectivity index (χ1n) is 5.51. The molecule has 0 spiro atoms.